The molecular weight excluding hydrogens is 2260 g/mol. The number of halogens is 2. The number of carboxylic acid groups (broad SMARTS) is 1. The Morgan fingerprint density at radius 3 is 1.17 bits per heavy atom. The van der Waals surface area contributed by atoms with Gasteiger partial charge in [0.1, 0.15) is 5.69 Å². The number of nitrogens with zero attached hydrogens (tertiary/aromatic N) is 10. The third kappa shape index (κ3) is 31.8. The maximum atomic E-state index is 13.2. The fourth-order valence-corrected chi connectivity index (χ4v) is 9.84. The van der Waals surface area contributed by atoms with Crippen LogP contribution in [0.5, 0.6) is 0 Å². The van der Waals surface area contributed by atoms with Crippen LogP contribution in [0.2, 0.25) is 0 Å². The third-order valence-corrected chi connectivity index (χ3v) is 14.2. The normalized spacial score (nSPS) is 9.60. The number of allylic oxidation sites excluding steroid dienone is 2. The molecule has 0 atom stereocenters. The number of pyridine rings is 4. The molecule has 0 unspecified atom stereocenters. The van der Waals surface area contributed by atoms with E-state index in [9.17, 15) is 18.4 Å². The molecule has 0 saturated heterocycles. The Morgan fingerprint density at radius 2 is 0.807 bits per heavy atom. The largest absolute Gasteiger partial charge is 1.00 e. The van der Waals surface area contributed by atoms with Crippen LogP contribution in [0.3, 0.4) is 0 Å². The van der Waals surface area contributed by atoms with Gasteiger partial charge in [-0.25, -0.2) is 9.78 Å². The minimum atomic E-state index is -0.990. The fourth-order valence-electron chi connectivity index (χ4n) is 9.84. The van der Waals surface area contributed by atoms with Crippen LogP contribution < -0.4 is 0 Å². The monoisotopic (exact) mass is 2340 g/mol. The Balaban J connectivity index is 0.000000426. The van der Waals surface area contributed by atoms with Crippen LogP contribution in [0.25, 0.3) is 79.3 Å². The average molecular weight is 2330 g/mol. The van der Waals surface area contributed by atoms with Gasteiger partial charge in [0, 0.05) is 197 Å². The Morgan fingerprint density at radius 1 is 0.422 bits per heavy atom. The summed E-state index contributed by atoms with van der Waals surface area (Å²) in [5.74, 6) is 0.460. The minimum absolute atomic E-state index is 0. The Labute approximate surface area is 715 Å². The van der Waals surface area contributed by atoms with Crippen molar-refractivity contribution in [3.05, 3.63) is 393 Å². The van der Waals surface area contributed by atoms with Gasteiger partial charge in [-0.05, 0) is 105 Å². The van der Waals surface area contributed by atoms with Gasteiger partial charge < -0.3 is 38.9 Å². The fraction of sp³-hybridized carbons (Fsp3) is 0.0690. The zero-order chi connectivity index (χ0) is 73.0. The molecule has 7 heterocycles. The summed E-state index contributed by atoms with van der Waals surface area (Å²) in [6.45, 7) is 9.27. The molecule has 0 aliphatic carbocycles. The molecule has 8 aromatic carbocycles. The Kier molecular flexibility index (Phi) is 45.9. The summed E-state index contributed by atoms with van der Waals surface area (Å²) in [6.07, 6.45) is 19.1. The van der Waals surface area contributed by atoms with Crippen molar-refractivity contribution in [2.24, 2.45) is 7.05 Å². The number of aliphatic hydroxyl groups excluding tert-OH is 1. The number of hydrogen-bond acceptors (Lipinski definition) is 10. The molecule has 0 aliphatic rings. The molecule has 0 aliphatic heterocycles. The molecule has 15 rings (SSSR count). The summed E-state index contributed by atoms with van der Waals surface area (Å²) in [4.78, 5) is 49.2. The number of aromatic carboxylic acids is 1. The zero-order valence-electron chi connectivity index (χ0n) is 59.5. The summed E-state index contributed by atoms with van der Waals surface area (Å²) in [5.41, 5.74) is 13.9. The number of ketones is 1. The first-order valence-corrected chi connectivity index (χ1v) is 32.3. The zero-order valence-corrected chi connectivity index (χ0v) is 72.5. The van der Waals surface area contributed by atoms with Crippen LogP contribution in [0, 0.1) is 68.8 Å². The van der Waals surface area contributed by atoms with E-state index < -0.39 is 17.6 Å². The van der Waals surface area contributed by atoms with Gasteiger partial charge in [0.25, 0.3) is 0 Å². The number of carbonyl (C=O) groups is 2. The number of carbonyl (C=O) groups excluding carboxylic acids is 1. The van der Waals surface area contributed by atoms with E-state index in [2.05, 4.69) is 125 Å². The molecule has 6 radical (unpaired) electrons. The van der Waals surface area contributed by atoms with E-state index in [0.29, 0.717) is 5.69 Å². The average Bonchev–Trinajstić information content (AvgIpc) is 1.77. The van der Waals surface area contributed by atoms with Crippen LogP contribution in [-0.4, -0.2) is 70.6 Å². The number of rotatable bonds is 10. The summed E-state index contributed by atoms with van der Waals surface area (Å²) < 4.78 is 32.0. The molecule has 15 aromatic rings. The maximum Gasteiger partial charge on any atom is 1.00 e. The van der Waals surface area contributed by atoms with Crippen molar-refractivity contribution < 1.29 is 148 Å². The van der Waals surface area contributed by atoms with Crippen LogP contribution in [0.1, 0.15) is 41.0 Å². The molecule has 0 bridgehead atoms. The van der Waals surface area contributed by atoms with Crippen LogP contribution in [0.15, 0.2) is 323 Å². The number of para-hydroxylation sites is 1. The molecule has 14 nitrogen and oxygen atoms in total. The van der Waals surface area contributed by atoms with E-state index in [1.807, 2.05) is 219 Å². The molecule has 0 amide bonds. The number of benzene rings is 8. The molecule has 7 aromatic heterocycles. The summed E-state index contributed by atoms with van der Waals surface area (Å²) in [7, 11) is 1.98. The van der Waals surface area contributed by atoms with Crippen LogP contribution in [-0.2, 0) is 131 Å². The standard InChI is InChI=1S/C18H17N2.C15H11N2.C11H6F2N.2C11H8N.C10H9N2.C6H5NO2.C5H8O2.3Ir.Os.2Rh/c1-13-11-14(2)17(15(3)12-13)20-10-9-19-18(20)16-7-5-4-6-8-16;1-3-7-13(8-4-1)15-16-11-12-17(15)14-9-5-2-6-10-14;12-8-4-5-9(10(13)7-8)11-3-1-2-6-14-11;2*1-2-6-10(7-3-1)11-8-4-5-9-12-11;1-12-8-7-11-10(12)9-5-3-2-4-6-9;8-6(9)5-3-1-2-4-7-5;1-4(6)3-5(2)7;;;;;;/h4-7,9-12H,1-3H3;1-7,9-12H;1-4,6-7H;2*1-6,8-9H;2-5,7-8H,1H3;1-4H,(H,8,9);3,6H,1-2H3;;;;;;/q6*-1;;;;;;+1;;. The van der Waals surface area contributed by atoms with Gasteiger partial charge >= 0.3 is 25.8 Å². The van der Waals surface area contributed by atoms with Gasteiger partial charge in [-0.2, -0.15) is 0 Å². The van der Waals surface area contributed by atoms with Gasteiger partial charge in [-0.1, -0.05) is 90.0 Å². The molecule has 2 N–H and O–H groups in total. The summed E-state index contributed by atoms with van der Waals surface area (Å²) in [6, 6.07) is 95.7. The predicted molar refractivity (Wildman–Crippen MR) is 401 cm³/mol. The van der Waals surface area contributed by atoms with E-state index in [-0.39, 0.29) is 142 Å². The molecule has 22 heteroatoms. The van der Waals surface area contributed by atoms with Crippen molar-refractivity contribution in [3.8, 4) is 79.3 Å². The first-order chi connectivity index (χ1) is 50.1. The summed E-state index contributed by atoms with van der Waals surface area (Å²) in [5, 5.41) is 16.7. The second-order valence-electron chi connectivity index (χ2n) is 22.2. The smallest absolute Gasteiger partial charge is 0.512 e. The van der Waals surface area contributed by atoms with Gasteiger partial charge in [-0.15, -0.1) is 192 Å². The minimum Gasteiger partial charge on any atom is -0.512 e. The van der Waals surface area contributed by atoms with Gasteiger partial charge in [0.05, 0.1) is 23.2 Å². The van der Waals surface area contributed by atoms with Crippen molar-refractivity contribution in [2.45, 2.75) is 34.6 Å². The molecule has 0 spiro atoms. The quantitative estimate of drug-likeness (QED) is 0.0576. The maximum absolute atomic E-state index is 13.2. The van der Waals surface area contributed by atoms with Gasteiger partial charge in [-0.3, -0.25) is 28.5 Å². The Hall–Kier alpha value is -9.64. The molecule has 566 valence electrons. The second kappa shape index (κ2) is 52.4. The van der Waals surface area contributed by atoms with E-state index in [0.717, 1.165) is 74.5 Å². The van der Waals surface area contributed by atoms with E-state index in [4.69, 9.17) is 10.2 Å². The van der Waals surface area contributed by atoms with Gasteiger partial charge in [0.2, 0.25) is 0 Å². The molecule has 0 saturated carbocycles. The Bertz CT molecular complexity index is 4790. The number of carboxylic acids is 1. The van der Waals surface area contributed by atoms with Gasteiger partial charge in [0.15, 0.2) is 5.78 Å². The predicted octanol–water partition coefficient (Wildman–Crippen LogP) is 19.2. The third-order valence-electron chi connectivity index (χ3n) is 14.2. The number of aryl methyl sites for hydroxylation is 4. The first-order valence-electron chi connectivity index (χ1n) is 32.3. The first kappa shape index (κ1) is 95.4. The van der Waals surface area contributed by atoms with Crippen molar-refractivity contribution in [1.29, 1.82) is 0 Å². The molecule has 109 heavy (non-hydrogen) atoms. The number of aliphatic hydroxyl groups is 1. The van der Waals surface area contributed by atoms with Crippen molar-refractivity contribution in [1.82, 2.24) is 48.6 Å². The van der Waals surface area contributed by atoms with Crippen molar-refractivity contribution >= 4 is 11.8 Å². The number of hydrogen-bond donors (Lipinski definition) is 2. The number of aromatic nitrogens is 10. The number of imidazole rings is 3. The van der Waals surface area contributed by atoms with E-state index >= 15 is 0 Å². The van der Waals surface area contributed by atoms with Crippen LogP contribution >= 0.6 is 0 Å². The molecule has 0 fully saturated rings. The molecular formula is C87H72F2Ir3N10O4OsRh2-5. The second-order valence-corrected chi connectivity index (χ2v) is 22.2. The van der Waals surface area contributed by atoms with E-state index in [1.54, 1.807) is 55.1 Å². The summed E-state index contributed by atoms with van der Waals surface area (Å²) >= 11 is 0. The topological polar surface area (TPSA) is 180 Å². The SMILES string of the molecule is CC(=O)C=C(C)O.Cc1cc(C)c(-n2ccnc2-c2[c-]cccc2)c(C)c1.Cn1ccnc1-c1[c-]cccc1.Fc1c[c-]c(-c2ccccn2)c(F)c1.O=C(O)c1ccccn1.[Ir].[Ir].[Ir].[Os+].[Rh].[Rh].[c-]1ccccc1-c1ccccn1.[c-]1ccccc1-c1ccccn1.[c-]1ccccc1-c1nccn1-c1ccccc1. The van der Waals surface area contributed by atoms with Crippen LogP contribution in [0.4, 0.5) is 8.78 Å². The van der Waals surface area contributed by atoms with Crippen molar-refractivity contribution in [2.75, 3.05) is 0 Å². The van der Waals surface area contributed by atoms with E-state index in [1.165, 1.54) is 54.6 Å². The van der Waals surface area contributed by atoms with Crippen molar-refractivity contribution in [3.63, 3.8) is 0 Å².